The molecule has 1 aromatic carbocycles. The number of carbonyl (C=O) groups excluding carboxylic acids is 2. The van der Waals surface area contributed by atoms with Gasteiger partial charge in [0.15, 0.2) is 0 Å². The molecule has 2 heterocycles. The first-order valence-electron chi connectivity index (χ1n) is 8.55. The lowest BCUT2D eigenvalue weighted by molar-refractivity contribution is -0.144. The molecule has 0 spiro atoms. The number of halogens is 4. The van der Waals surface area contributed by atoms with E-state index in [1.54, 1.807) is 5.10 Å². The number of nitrogens with one attached hydrogen (secondary N) is 2. The fraction of sp³-hybridized carbons (Fsp3) is 0.412. The summed E-state index contributed by atoms with van der Waals surface area (Å²) in [5, 5.41) is 7.30. The Morgan fingerprint density at radius 2 is 1.96 bits per heavy atom. The second-order valence-electron chi connectivity index (χ2n) is 6.48. The summed E-state index contributed by atoms with van der Waals surface area (Å²) in [5.74, 6) is -3.51. The third-order valence-electron chi connectivity index (χ3n) is 4.40. The lowest BCUT2D eigenvalue weighted by Gasteiger charge is -2.32. The van der Waals surface area contributed by atoms with E-state index in [2.05, 4.69) is 15.4 Å². The molecule has 2 aromatic rings. The van der Waals surface area contributed by atoms with Crippen LogP contribution in [0.5, 0.6) is 0 Å². The van der Waals surface area contributed by atoms with E-state index in [1.165, 1.54) is 29.2 Å². The van der Waals surface area contributed by atoms with E-state index in [0.29, 0.717) is 24.9 Å². The highest BCUT2D eigenvalue weighted by Crippen LogP contribution is 2.26. The standard InChI is InChI=1S/C17H17F4N5O2/c18-12-5-3-10(4-6-12)8-13(27)26-7-1-2-11(9-26)14(28)22-16-23-15(24-25-16)17(19,20)21/h3-6,11H,1-2,7-9H2,(H2,22,23,24,25,28)/t11-/m0/s1. The van der Waals surface area contributed by atoms with Crippen LogP contribution in [0.15, 0.2) is 24.3 Å². The zero-order valence-corrected chi connectivity index (χ0v) is 14.6. The molecular weight excluding hydrogens is 382 g/mol. The number of aromatic nitrogens is 3. The van der Waals surface area contributed by atoms with Crippen molar-refractivity contribution in [2.24, 2.45) is 5.92 Å². The van der Waals surface area contributed by atoms with Gasteiger partial charge in [-0.15, -0.1) is 5.10 Å². The minimum absolute atomic E-state index is 0.0739. The number of nitrogens with zero attached hydrogens (tertiary/aromatic N) is 3. The molecule has 2 N–H and O–H groups in total. The van der Waals surface area contributed by atoms with E-state index in [-0.39, 0.29) is 18.9 Å². The number of carbonyl (C=O) groups is 2. The summed E-state index contributed by atoms with van der Waals surface area (Å²) >= 11 is 0. The number of hydrogen-bond acceptors (Lipinski definition) is 4. The third-order valence-corrected chi connectivity index (χ3v) is 4.40. The van der Waals surface area contributed by atoms with Crippen LogP contribution in [0.2, 0.25) is 0 Å². The lowest BCUT2D eigenvalue weighted by Crippen LogP contribution is -2.44. The van der Waals surface area contributed by atoms with E-state index in [4.69, 9.17) is 0 Å². The highest BCUT2D eigenvalue weighted by molar-refractivity contribution is 5.91. The molecule has 7 nitrogen and oxygen atoms in total. The monoisotopic (exact) mass is 399 g/mol. The Hall–Kier alpha value is -2.98. The summed E-state index contributed by atoms with van der Waals surface area (Å²) in [7, 11) is 0. The number of benzene rings is 1. The molecule has 0 aliphatic carbocycles. The predicted octanol–water partition coefficient (Wildman–Crippen LogP) is 2.38. The number of likely N-dealkylation sites (tertiary alicyclic amines) is 1. The number of alkyl halides is 3. The topological polar surface area (TPSA) is 91.0 Å². The quantitative estimate of drug-likeness (QED) is 0.773. The number of H-pyrrole nitrogens is 1. The van der Waals surface area contributed by atoms with Crippen molar-refractivity contribution in [3.8, 4) is 0 Å². The van der Waals surface area contributed by atoms with Crippen molar-refractivity contribution in [2.75, 3.05) is 18.4 Å². The summed E-state index contributed by atoms with van der Waals surface area (Å²) in [6.07, 6.45) is -3.55. The minimum atomic E-state index is -4.69. The van der Waals surface area contributed by atoms with Crippen LogP contribution in [0.3, 0.4) is 0 Å². The maximum absolute atomic E-state index is 12.9. The van der Waals surface area contributed by atoms with Crippen LogP contribution in [0.25, 0.3) is 0 Å². The molecule has 11 heteroatoms. The van der Waals surface area contributed by atoms with Gasteiger partial charge >= 0.3 is 6.18 Å². The molecule has 3 rings (SSSR count). The van der Waals surface area contributed by atoms with Crippen LogP contribution < -0.4 is 5.32 Å². The fourth-order valence-corrected chi connectivity index (χ4v) is 2.96. The normalized spacial score (nSPS) is 17.4. The Bertz CT molecular complexity index is 850. The average molecular weight is 399 g/mol. The second-order valence-corrected chi connectivity index (χ2v) is 6.48. The van der Waals surface area contributed by atoms with Crippen LogP contribution in [-0.4, -0.2) is 45.0 Å². The highest BCUT2D eigenvalue weighted by Gasteiger charge is 2.36. The van der Waals surface area contributed by atoms with E-state index in [9.17, 15) is 27.2 Å². The van der Waals surface area contributed by atoms with E-state index in [1.807, 2.05) is 0 Å². The van der Waals surface area contributed by atoms with Crippen LogP contribution in [-0.2, 0) is 22.2 Å². The first kappa shape index (κ1) is 19.8. The Morgan fingerprint density at radius 1 is 1.25 bits per heavy atom. The average Bonchev–Trinajstić information content (AvgIpc) is 3.12. The summed E-state index contributed by atoms with van der Waals surface area (Å²) in [4.78, 5) is 29.5. The van der Waals surface area contributed by atoms with Gasteiger partial charge in [-0.3, -0.25) is 20.0 Å². The van der Waals surface area contributed by atoms with Crippen molar-refractivity contribution < 1.29 is 27.2 Å². The number of rotatable bonds is 4. The van der Waals surface area contributed by atoms with E-state index < -0.39 is 35.6 Å². The van der Waals surface area contributed by atoms with E-state index >= 15 is 0 Å². The first-order valence-corrected chi connectivity index (χ1v) is 8.55. The van der Waals surface area contributed by atoms with Crippen molar-refractivity contribution in [3.63, 3.8) is 0 Å². The summed E-state index contributed by atoms with van der Waals surface area (Å²) in [6.45, 7) is 0.616. The summed E-state index contributed by atoms with van der Waals surface area (Å²) in [6, 6.07) is 5.56. The molecule has 2 amide bonds. The summed E-state index contributed by atoms with van der Waals surface area (Å²) in [5.41, 5.74) is 0.651. The molecule has 150 valence electrons. The predicted molar refractivity (Wildman–Crippen MR) is 89.4 cm³/mol. The molecule has 1 aliphatic heterocycles. The lowest BCUT2D eigenvalue weighted by atomic mass is 9.96. The van der Waals surface area contributed by atoms with Gasteiger partial charge in [0.25, 0.3) is 0 Å². The minimum Gasteiger partial charge on any atom is -0.342 e. The van der Waals surface area contributed by atoms with Crippen LogP contribution in [0.4, 0.5) is 23.5 Å². The van der Waals surface area contributed by atoms with Gasteiger partial charge in [0.2, 0.25) is 23.6 Å². The first-order chi connectivity index (χ1) is 13.2. The molecule has 1 saturated heterocycles. The number of piperidine rings is 1. The molecule has 1 aliphatic rings. The Morgan fingerprint density at radius 3 is 2.61 bits per heavy atom. The number of amides is 2. The molecule has 0 radical (unpaired) electrons. The van der Waals surface area contributed by atoms with Crippen molar-refractivity contribution >= 4 is 17.8 Å². The highest BCUT2D eigenvalue weighted by atomic mass is 19.4. The van der Waals surface area contributed by atoms with Gasteiger partial charge in [-0.2, -0.15) is 18.2 Å². The van der Waals surface area contributed by atoms with Crippen LogP contribution >= 0.6 is 0 Å². The van der Waals surface area contributed by atoms with Crippen LogP contribution in [0.1, 0.15) is 24.2 Å². The molecule has 0 saturated carbocycles. The Balaban J connectivity index is 1.57. The zero-order chi connectivity index (χ0) is 20.3. The maximum atomic E-state index is 12.9. The molecule has 0 bridgehead atoms. The smallest absolute Gasteiger partial charge is 0.342 e. The summed E-state index contributed by atoms with van der Waals surface area (Å²) < 4.78 is 50.5. The molecule has 0 unspecified atom stereocenters. The molecule has 1 fully saturated rings. The molecule has 28 heavy (non-hydrogen) atoms. The number of anilines is 1. The molecule has 1 aromatic heterocycles. The number of aromatic amines is 1. The van der Waals surface area contributed by atoms with Crippen molar-refractivity contribution in [1.29, 1.82) is 0 Å². The zero-order valence-electron chi connectivity index (χ0n) is 14.6. The Labute approximate surface area is 157 Å². The van der Waals surface area contributed by atoms with Gasteiger partial charge in [-0.05, 0) is 30.5 Å². The van der Waals surface area contributed by atoms with Gasteiger partial charge in [0.1, 0.15) is 5.82 Å². The van der Waals surface area contributed by atoms with Gasteiger partial charge in [-0.25, -0.2) is 4.39 Å². The van der Waals surface area contributed by atoms with Crippen molar-refractivity contribution in [2.45, 2.75) is 25.4 Å². The van der Waals surface area contributed by atoms with Crippen LogP contribution in [0, 0.1) is 11.7 Å². The van der Waals surface area contributed by atoms with Gasteiger partial charge in [0, 0.05) is 13.1 Å². The second kappa shape index (κ2) is 7.95. The Kier molecular flexibility index (Phi) is 5.61. The van der Waals surface area contributed by atoms with Crippen molar-refractivity contribution in [1.82, 2.24) is 20.1 Å². The van der Waals surface area contributed by atoms with Gasteiger partial charge in [-0.1, -0.05) is 12.1 Å². The number of hydrogen-bond donors (Lipinski definition) is 2. The van der Waals surface area contributed by atoms with Gasteiger partial charge < -0.3 is 4.90 Å². The fourth-order valence-electron chi connectivity index (χ4n) is 2.96. The van der Waals surface area contributed by atoms with Crippen molar-refractivity contribution in [3.05, 3.63) is 41.5 Å². The van der Waals surface area contributed by atoms with Gasteiger partial charge in [0.05, 0.1) is 12.3 Å². The molecular formula is C17H17F4N5O2. The third kappa shape index (κ3) is 4.84. The largest absolute Gasteiger partial charge is 0.451 e. The maximum Gasteiger partial charge on any atom is 0.451 e. The molecule has 1 atom stereocenters. The SMILES string of the molecule is O=C(Nc1n[nH]c(C(F)(F)F)n1)[C@H]1CCCN(C(=O)Cc2ccc(F)cc2)C1. The van der Waals surface area contributed by atoms with E-state index in [0.717, 1.165) is 0 Å².